The lowest BCUT2D eigenvalue weighted by atomic mass is 10.2. The molecule has 1 aromatic rings. The summed E-state index contributed by atoms with van der Waals surface area (Å²) in [5, 5.41) is 0.487. The van der Waals surface area contributed by atoms with E-state index in [1.807, 2.05) is 19.9 Å². The molecule has 0 bridgehead atoms. The standard InChI is InChI=1S/C11H13BrClNO/c1-3-14(4-2)11(15)9-6-5-8(12)7-10(9)13/h5-7H,3-4H2,1-2H3. The first-order valence-corrected chi connectivity index (χ1v) is 6.01. The van der Waals surface area contributed by atoms with Crippen LogP contribution in [0.3, 0.4) is 0 Å². The molecule has 0 aliphatic rings. The highest BCUT2D eigenvalue weighted by Gasteiger charge is 2.15. The summed E-state index contributed by atoms with van der Waals surface area (Å²) >= 11 is 9.31. The highest BCUT2D eigenvalue weighted by atomic mass is 79.9. The van der Waals surface area contributed by atoms with Gasteiger partial charge < -0.3 is 4.90 Å². The molecule has 0 N–H and O–H groups in total. The number of nitrogens with zero attached hydrogens (tertiary/aromatic N) is 1. The lowest BCUT2D eigenvalue weighted by Crippen LogP contribution is -2.30. The number of hydrogen-bond donors (Lipinski definition) is 0. The summed E-state index contributed by atoms with van der Waals surface area (Å²) in [6.45, 7) is 5.30. The van der Waals surface area contributed by atoms with Gasteiger partial charge in [-0.3, -0.25) is 4.79 Å². The number of benzene rings is 1. The number of halogens is 2. The minimum atomic E-state index is -0.0162. The van der Waals surface area contributed by atoms with Gasteiger partial charge in [-0.15, -0.1) is 0 Å². The van der Waals surface area contributed by atoms with Crippen LogP contribution >= 0.6 is 27.5 Å². The van der Waals surface area contributed by atoms with Gasteiger partial charge in [0.25, 0.3) is 5.91 Å². The number of rotatable bonds is 3. The average molecular weight is 291 g/mol. The van der Waals surface area contributed by atoms with Crippen molar-refractivity contribution in [3.05, 3.63) is 33.3 Å². The third-order valence-electron chi connectivity index (χ3n) is 2.21. The Kier molecular flexibility index (Phi) is 4.61. The van der Waals surface area contributed by atoms with Crippen molar-refractivity contribution in [2.75, 3.05) is 13.1 Å². The summed E-state index contributed by atoms with van der Waals surface area (Å²) in [6, 6.07) is 5.30. The minimum Gasteiger partial charge on any atom is -0.339 e. The zero-order valence-corrected chi connectivity index (χ0v) is 11.1. The van der Waals surface area contributed by atoms with Gasteiger partial charge in [-0.05, 0) is 32.0 Å². The second-order valence-electron chi connectivity index (χ2n) is 3.10. The van der Waals surface area contributed by atoms with Gasteiger partial charge in [0, 0.05) is 17.6 Å². The van der Waals surface area contributed by atoms with Crippen molar-refractivity contribution in [3.8, 4) is 0 Å². The number of carbonyl (C=O) groups is 1. The summed E-state index contributed by atoms with van der Waals surface area (Å²) in [4.78, 5) is 13.7. The van der Waals surface area contributed by atoms with E-state index in [1.165, 1.54) is 0 Å². The van der Waals surface area contributed by atoms with Gasteiger partial charge in [0.2, 0.25) is 0 Å². The largest absolute Gasteiger partial charge is 0.339 e. The first-order chi connectivity index (χ1) is 7.10. The Morgan fingerprint density at radius 1 is 1.40 bits per heavy atom. The Bertz CT molecular complexity index is 364. The molecule has 0 radical (unpaired) electrons. The highest BCUT2D eigenvalue weighted by Crippen LogP contribution is 2.22. The van der Waals surface area contributed by atoms with Crippen LogP contribution in [0, 0.1) is 0 Å². The van der Waals surface area contributed by atoms with E-state index in [0.717, 1.165) is 4.47 Å². The molecule has 1 aromatic carbocycles. The molecule has 82 valence electrons. The van der Waals surface area contributed by atoms with Gasteiger partial charge in [-0.25, -0.2) is 0 Å². The molecule has 0 spiro atoms. The molecule has 0 saturated carbocycles. The van der Waals surface area contributed by atoms with Gasteiger partial charge >= 0.3 is 0 Å². The van der Waals surface area contributed by atoms with Gasteiger partial charge in [-0.2, -0.15) is 0 Å². The van der Waals surface area contributed by atoms with Crippen molar-refractivity contribution < 1.29 is 4.79 Å². The molecule has 1 rings (SSSR count). The third kappa shape index (κ3) is 2.95. The maximum Gasteiger partial charge on any atom is 0.255 e. The highest BCUT2D eigenvalue weighted by molar-refractivity contribution is 9.10. The Morgan fingerprint density at radius 2 is 2.00 bits per heavy atom. The number of amides is 1. The van der Waals surface area contributed by atoms with Crippen molar-refractivity contribution in [1.29, 1.82) is 0 Å². The van der Waals surface area contributed by atoms with Crippen LogP contribution in [0.4, 0.5) is 0 Å². The molecule has 4 heteroatoms. The zero-order chi connectivity index (χ0) is 11.4. The predicted octanol–water partition coefficient (Wildman–Crippen LogP) is 3.58. The molecule has 0 aliphatic heterocycles. The summed E-state index contributed by atoms with van der Waals surface area (Å²) in [7, 11) is 0. The van der Waals surface area contributed by atoms with Crippen molar-refractivity contribution in [2.45, 2.75) is 13.8 Å². The monoisotopic (exact) mass is 289 g/mol. The van der Waals surface area contributed by atoms with Crippen molar-refractivity contribution in [3.63, 3.8) is 0 Å². The van der Waals surface area contributed by atoms with Crippen LogP contribution in [0.1, 0.15) is 24.2 Å². The van der Waals surface area contributed by atoms with E-state index in [4.69, 9.17) is 11.6 Å². The summed E-state index contributed by atoms with van der Waals surface area (Å²) in [6.07, 6.45) is 0. The van der Waals surface area contributed by atoms with Crippen LogP contribution in [0.25, 0.3) is 0 Å². The van der Waals surface area contributed by atoms with Crippen molar-refractivity contribution in [1.82, 2.24) is 4.90 Å². The normalized spacial score (nSPS) is 10.1. The Balaban J connectivity index is 3.00. The third-order valence-corrected chi connectivity index (χ3v) is 3.02. The first kappa shape index (κ1) is 12.5. The van der Waals surface area contributed by atoms with Gasteiger partial charge in [0.15, 0.2) is 0 Å². The van der Waals surface area contributed by atoms with Crippen molar-refractivity contribution >= 4 is 33.4 Å². The quantitative estimate of drug-likeness (QED) is 0.833. The van der Waals surface area contributed by atoms with E-state index in [0.29, 0.717) is 23.7 Å². The summed E-state index contributed by atoms with van der Waals surface area (Å²) in [5.74, 6) is -0.0162. The number of hydrogen-bond acceptors (Lipinski definition) is 1. The molecule has 0 aliphatic carbocycles. The van der Waals surface area contributed by atoms with Crippen LogP contribution in [0.2, 0.25) is 5.02 Å². The Labute approximate surface area is 103 Å². The van der Waals surface area contributed by atoms with Gasteiger partial charge in [-0.1, -0.05) is 27.5 Å². The van der Waals surface area contributed by atoms with E-state index in [9.17, 15) is 4.79 Å². The molecule has 0 aromatic heterocycles. The fourth-order valence-corrected chi connectivity index (χ4v) is 2.10. The lowest BCUT2D eigenvalue weighted by Gasteiger charge is -2.19. The van der Waals surface area contributed by atoms with E-state index in [-0.39, 0.29) is 5.91 Å². The lowest BCUT2D eigenvalue weighted by molar-refractivity contribution is 0.0773. The fraction of sp³-hybridized carbons (Fsp3) is 0.364. The fourth-order valence-electron chi connectivity index (χ4n) is 1.34. The van der Waals surface area contributed by atoms with Crippen molar-refractivity contribution in [2.24, 2.45) is 0 Å². The van der Waals surface area contributed by atoms with Crippen LogP contribution < -0.4 is 0 Å². The molecule has 0 saturated heterocycles. The SMILES string of the molecule is CCN(CC)C(=O)c1ccc(Br)cc1Cl. The minimum absolute atomic E-state index is 0.0162. The Morgan fingerprint density at radius 3 is 2.47 bits per heavy atom. The molecule has 0 unspecified atom stereocenters. The second-order valence-corrected chi connectivity index (χ2v) is 4.42. The molecule has 1 amide bonds. The van der Waals surface area contributed by atoms with Crippen LogP contribution in [-0.2, 0) is 0 Å². The van der Waals surface area contributed by atoms with Crippen LogP contribution in [-0.4, -0.2) is 23.9 Å². The van der Waals surface area contributed by atoms with E-state index in [2.05, 4.69) is 15.9 Å². The Hall–Kier alpha value is -0.540. The molecular formula is C11H13BrClNO. The molecule has 0 heterocycles. The topological polar surface area (TPSA) is 20.3 Å². The summed E-state index contributed by atoms with van der Waals surface area (Å²) in [5.41, 5.74) is 0.559. The molecule has 0 atom stereocenters. The smallest absolute Gasteiger partial charge is 0.255 e. The molecular weight excluding hydrogens is 277 g/mol. The molecule has 15 heavy (non-hydrogen) atoms. The second kappa shape index (κ2) is 5.52. The van der Waals surface area contributed by atoms with Gasteiger partial charge in [0.1, 0.15) is 0 Å². The van der Waals surface area contributed by atoms with Crippen LogP contribution in [0.5, 0.6) is 0 Å². The molecule has 0 fully saturated rings. The molecule has 2 nitrogen and oxygen atoms in total. The predicted molar refractivity (Wildman–Crippen MR) is 66.4 cm³/mol. The van der Waals surface area contributed by atoms with E-state index < -0.39 is 0 Å². The number of carbonyl (C=O) groups excluding carboxylic acids is 1. The zero-order valence-electron chi connectivity index (χ0n) is 8.76. The van der Waals surface area contributed by atoms with E-state index >= 15 is 0 Å². The van der Waals surface area contributed by atoms with Gasteiger partial charge in [0.05, 0.1) is 10.6 Å². The maximum atomic E-state index is 12.0. The summed E-state index contributed by atoms with van der Waals surface area (Å²) < 4.78 is 0.878. The van der Waals surface area contributed by atoms with Crippen LogP contribution in [0.15, 0.2) is 22.7 Å². The maximum absolute atomic E-state index is 12.0. The van der Waals surface area contributed by atoms with E-state index in [1.54, 1.807) is 17.0 Å². The average Bonchev–Trinajstić information content (AvgIpc) is 2.19. The first-order valence-electron chi connectivity index (χ1n) is 4.84.